The molecule has 1 aromatic carbocycles. The molecule has 0 aliphatic heterocycles. The van der Waals surface area contributed by atoms with Crippen molar-refractivity contribution in [3.8, 4) is 5.69 Å². The van der Waals surface area contributed by atoms with Crippen LogP contribution in [0.25, 0.3) is 11.3 Å². The molecule has 0 fully saturated rings. The van der Waals surface area contributed by atoms with E-state index in [1.54, 1.807) is 22.9 Å². The monoisotopic (exact) mass is 260 g/mol. The van der Waals surface area contributed by atoms with E-state index in [4.69, 9.17) is 11.6 Å². The summed E-state index contributed by atoms with van der Waals surface area (Å²) in [4.78, 5) is 12.2. The summed E-state index contributed by atoms with van der Waals surface area (Å²) in [6.45, 7) is 1.91. The van der Waals surface area contributed by atoms with Crippen LogP contribution in [0.3, 0.4) is 0 Å². The van der Waals surface area contributed by atoms with Crippen LogP contribution in [0.4, 0.5) is 0 Å². The summed E-state index contributed by atoms with van der Waals surface area (Å²) < 4.78 is 3.07. The van der Waals surface area contributed by atoms with Crippen LogP contribution < -0.4 is 5.56 Å². The molecule has 90 valence electrons. The number of aryl methyl sites for hydroxylation is 1. The molecule has 0 unspecified atom stereocenters. The van der Waals surface area contributed by atoms with Crippen LogP contribution in [0.15, 0.2) is 41.7 Å². The van der Waals surface area contributed by atoms with Crippen molar-refractivity contribution in [1.82, 2.24) is 19.2 Å². The van der Waals surface area contributed by atoms with E-state index < -0.39 is 0 Å². The van der Waals surface area contributed by atoms with Gasteiger partial charge >= 0.3 is 5.56 Å². The Morgan fingerprint density at radius 1 is 1.28 bits per heavy atom. The lowest BCUT2D eigenvalue weighted by Crippen LogP contribution is -2.19. The Hall–Kier alpha value is -2.14. The largest absolute Gasteiger partial charge is 0.300 e. The van der Waals surface area contributed by atoms with Crippen LogP contribution in [-0.4, -0.2) is 19.2 Å². The lowest BCUT2D eigenvalue weighted by molar-refractivity contribution is 0.949. The molecule has 6 heteroatoms. The van der Waals surface area contributed by atoms with Crippen LogP contribution in [0.5, 0.6) is 0 Å². The highest BCUT2D eigenvalue weighted by atomic mass is 35.5. The first-order valence-corrected chi connectivity index (χ1v) is 5.72. The third kappa shape index (κ3) is 1.60. The number of hydrogen-bond acceptors (Lipinski definition) is 3. The van der Waals surface area contributed by atoms with Gasteiger partial charge in [0.2, 0.25) is 5.65 Å². The van der Waals surface area contributed by atoms with Gasteiger partial charge in [0.15, 0.2) is 0 Å². The van der Waals surface area contributed by atoms with Gasteiger partial charge in [-0.25, -0.2) is 0 Å². The smallest absolute Gasteiger partial charge is 0.283 e. The van der Waals surface area contributed by atoms with E-state index in [0.717, 1.165) is 5.56 Å². The number of nitrogens with zero attached hydrogens (tertiary/aromatic N) is 4. The highest BCUT2D eigenvalue weighted by molar-refractivity contribution is 6.31. The molecule has 0 aliphatic rings. The zero-order chi connectivity index (χ0) is 12.7. The fourth-order valence-electron chi connectivity index (χ4n) is 1.75. The first kappa shape index (κ1) is 11.0. The Bertz CT molecular complexity index is 790. The standard InChI is InChI=1S/C12H9ClN4O/c1-8-2-3-9(6-10(8)13)17-5-4-16-7-14-15-11(16)12(17)18/h2-7H,1H3. The quantitative estimate of drug-likeness (QED) is 0.671. The highest BCUT2D eigenvalue weighted by Gasteiger charge is 2.07. The van der Waals surface area contributed by atoms with Crippen molar-refractivity contribution >= 4 is 17.2 Å². The maximum atomic E-state index is 12.2. The predicted molar refractivity (Wildman–Crippen MR) is 68.3 cm³/mol. The fraction of sp³-hybridized carbons (Fsp3) is 0.0833. The summed E-state index contributed by atoms with van der Waals surface area (Å²) in [5.74, 6) is 0. The number of halogens is 1. The molecule has 0 N–H and O–H groups in total. The topological polar surface area (TPSA) is 52.2 Å². The minimum Gasteiger partial charge on any atom is -0.283 e. The van der Waals surface area contributed by atoms with E-state index in [-0.39, 0.29) is 11.2 Å². The van der Waals surface area contributed by atoms with Gasteiger partial charge in [-0.05, 0) is 24.6 Å². The summed E-state index contributed by atoms with van der Waals surface area (Å²) in [6.07, 6.45) is 4.88. The third-order valence-electron chi connectivity index (χ3n) is 2.79. The first-order chi connectivity index (χ1) is 8.66. The zero-order valence-corrected chi connectivity index (χ0v) is 10.3. The van der Waals surface area contributed by atoms with Crippen molar-refractivity contribution in [1.29, 1.82) is 0 Å². The second-order valence-corrected chi connectivity index (χ2v) is 4.38. The third-order valence-corrected chi connectivity index (χ3v) is 3.20. The van der Waals surface area contributed by atoms with E-state index in [1.807, 2.05) is 19.1 Å². The van der Waals surface area contributed by atoms with E-state index in [2.05, 4.69) is 10.2 Å². The van der Waals surface area contributed by atoms with E-state index >= 15 is 0 Å². The summed E-state index contributed by atoms with van der Waals surface area (Å²) in [7, 11) is 0. The zero-order valence-electron chi connectivity index (χ0n) is 9.54. The molecule has 2 heterocycles. The molecule has 3 aromatic rings. The Kier molecular flexibility index (Phi) is 2.41. The summed E-state index contributed by atoms with van der Waals surface area (Å²) in [5, 5.41) is 8.12. The Morgan fingerprint density at radius 2 is 2.11 bits per heavy atom. The minimum atomic E-state index is -0.227. The molecule has 0 amide bonds. The van der Waals surface area contributed by atoms with Crippen molar-refractivity contribution in [2.24, 2.45) is 0 Å². The maximum Gasteiger partial charge on any atom is 0.300 e. The second kappa shape index (κ2) is 3.96. The summed E-state index contributed by atoms with van der Waals surface area (Å²) >= 11 is 6.06. The molecule has 0 radical (unpaired) electrons. The Morgan fingerprint density at radius 3 is 2.89 bits per heavy atom. The lowest BCUT2D eigenvalue weighted by atomic mass is 10.2. The van der Waals surface area contributed by atoms with Crippen molar-refractivity contribution in [2.75, 3.05) is 0 Å². The fourth-order valence-corrected chi connectivity index (χ4v) is 1.93. The Balaban J connectivity index is 2.28. The molecule has 5 nitrogen and oxygen atoms in total. The highest BCUT2D eigenvalue weighted by Crippen LogP contribution is 2.18. The molecule has 0 aliphatic carbocycles. The van der Waals surface area contributed by atoms with Crippen LogP contribution in [0.1, 0.15) is 5.56 Å². The van der Waals surface area contributed by atoms with E-state index in [1.165, 1.54) is 10.9 Å². The number of benzene rings is 1. The second-order valence-electron chi connectivity index (χ2n) is 3.97. The van der Waals surface area contributed by atoms with Gasteiger partial charge in [-0.1, -0.05) is 17.7 Å². The van der Waals surface area contributed by atoms with Gasteiger partial charge in [0, 0.05) is 17.4 Å². The number of rotatable bonds is 1. The van der Waals surface area contributed by atoms with Crippen LogP contribution in [0.2, 0.25) is 5.02 Å². The van der Waals surface area contributed by atoms with Crippen molar-refractivity contribution < 1.29 is 0 Å². The first-order valence-electron chi connectivity index (χ1n) is 5.34. The molecule has 0 spiro atoms. The van der Waals surface area contributed by atoms with E-state index in [0.29, 0.717) is 10.7 Å². The Labute approximate surface area is 107 Å². The molecule has 0 saturated carbocycles. The molecule has 3 rings (SSSR count). The van der Waals surface area contributed by atoms with Gasteiger partial charge in [-0.3, -0.25) is 13.8 Å². The van der Waals surface area contributed by atoms with Gasteiger partial charge in [0.05, 0.1) is 5.69 Å². The average Bonchev–Trinajstić information content (AvgIpc) is 2.83. The molecular weight excluding hydrogens is 252 g/mol. The minimum absolute atomic E-state index is 0.227. The van der Waals surface area contributed by atoms with Crippen molar-refractivity contribution in [2.45, 2.75) is 6.92 Å². The van der Waals surface area contributed by atoms with Gasteiger partial charge in [0.25, 0.3) is 0 Å². The lowest BCUT2D eigenvalue weighted by Gasteiger charge is -2.07. The molecule has 0 bridgehead atoms. The van der Waals surface area contributed by atoms with Gasteiger partial charge in [-0.2, -0.15) is 0 Å². The average molecular weight is 261 g/mol. The molecule has 2 aromatic heterocycles. The van der Waals surface area contributed by atoms with Gasteiger partial charge < -0.3 is 0 Å². The van der Waals surface area contributed by atoms with Crippen LogP contribution in [0, 0.1) is 6.92 Å². The van der Waals surface area contributed by atoms with Crippen molar-refractivity contribution in [3.05, 3.63) is 57.9 Å². The van der Waals surface area contributed by atoms with Crippen LogP contribution in [-0.2, 0) is 0 Å². The molecular formula is C12H9ClN4O. The normalized spacial score (nSPS) is 11.0. The van der Waals surface area contributed by atoms with Crippen molar-refractivity contribution in [3.63, 3.8) is 0 Å². The predicted octanol–water partition coefficient (Wildman–Crippen LogP) is 1.84. The SMILES string of the molecule is Cc1ccc(-n2ccn3cnnc3c2=O)cc1Cl. The van der Waals surface area contributed by atoms with Gasteiger partial charge in [0.1, 0.15) is 6.33 Å². The maximum absolute atomic E-state index is 12.2. The molecule has 0 atom stereocenters. The van der Waals surface area contributed by atoms with Gasteiger partial charge in [-0.15, -0.1) is 10.2 Å². The molecule has 18 heavy (non-hydrogen) atoms. The number of hydrogen-bond donors (Lipinski definition) is 0. The van der Waals surface area contributed by atoms with Crippen LogP contribution >= 0.6 is 11.6 Å². The number of fused-ring (bicyclic) bond motifs is 1. The summed E-state index contributed by atoms with van der Waals surface area (Å²) in [6, 6.07) is 5.47. The summed E-state index contributed by atoms with van der Waals surface area (Å²) in [5.41, 5.74) is 1.74. The number of aromatic nitrogens is 4. The van der Waals surface area contributed by atoms with E-state index in [9.17, 15) is 4.79 Å². The molecule has 0 saturated heterocycles.